The van der Waals surface area contributed by atoms with Gasteiger partial charge in [-0.15, -0.1) is 0 Å². The summed E-state index contributed by atoms with van der Waals surface area (Å²) in [5.41, 5.74) is 1.07. The number of carbonyl (C=O) groups is 1. The van der Waals surface area contributed by atoms with Gasteiger partial charge in [0.2, 0.25) is 5.76 Å². The Balaban J connectivity index is 1.39. The van der Waals surface area contributed by atoms with Gasteiger partial charge in [-0.2, -0.15) is 5.26 Å². The van der Waals surface area contributed by atoms with Crippen LogP contribution in [0.5, 0.6) is 0 Å². The first kappa shape index (κ1) is 16.4. The molecule has 3 heterocycles. The Kier molecular flexibility index (Phi) is 4.16. The number of piperidine rings is 1. The Hall–Kier alpha value is -2.07. The van der Waals surface area contributed by atoms with Crippen LogP contribution < -0.4 is 5.32 Å². The van der Waals surface area contributed by atoms with E-state index >= 15 is 0 Å². The number of nitrogens with zero attached hydrogens (tertiary/aromatic N) is 4. The van der Waals surface area contributed by atoms with E-state index in [0.717, 1.165) is 51.0 Å². The van der Waals surface area contributed by atoms with Gasteiger partial charge in [-0.3, -0.25) is 9.69 Å². The van der Waals surface area contributed by atoms with E-state index in [1.807, 2.05) is 17.2 Å². The number of carbonyl (C=O) groups excluding carboxylic acids is 1. The Morgan fingerprint density at radius 3 is 3.04 bits per heavy atom. The van der Waals surface area contributed by atoms with E-state index in [0.29, 0.717) is 5.76 Å². The fraction of sp³-hybridized carbons (Fsp3) is 0.722. The van der Waals surface area contributed by atoms with Gasteiger partial charge in [0.25, 0.3) is 5.91 Å². The lowest BCUT2D eigenvalue weighted by Crippen LogP contribution is -2.49. The first-order valence-corrected chi connectivity index (χ1v) is 9.21. The SMILES string of the molecule is CN1CCCCC1c1cc(C(=O)N2CC[C@]3(C2)C[C@@H](NC#N)C3)on1. The van der Waals surface area contributed by atoms with Crippen molar-refractivity contribution in [3.05, 3.63) is 17.5 Å². The second kappa shape index (κ2) is 6.34. The van der Waals surface area contributed by atoms with Gasteiger partial charge in [0.15, 0.2) is 6.19 Å². The molecule has 7 heteroatoms. The summed E-state index contributed by atoms with van der Waals surface area (Å²) >= 11 is 0. The van der Waals surface area contributed by atoms with Crippen LogP contribution in [0.15, 0.2) is 10.6 Å². The summed E-state index contributed by atoms with van der Waals surface area (Å²) in [7, 11) is 2.10. The predicted octanol–water partition coefficient (Wildman–Crippen LogP) is 1.90. The third kappa shape index (κ3) is 2.99. The van der Waals surface area contributed by atoms with Crippen LogP contribution >= 0.6 is 0 Å². The molecular formula is C18H25N5O2. The van der Waals surface area contributed by atoms with Gasteiger partial charge in [-0.05, 0) is 51.1 Å². The highest BCUT2D eigenvalue weighted by Gasteiger charge is 2.49. The number of hydrogen-bond acceptors (Lipinski definition) is 6. The fourth-order valence-electron chi connectivity index (χ4n) is 4.77. The summed E-state index contributed by atoms with van der Waals surface area (Å²) in [5.74, 6) is 0.308. The number of aromatic nitrogens is 1. The lowest BCUT2D eigenvalue weighted by Gasteiger charge is -2.44. The summed E-state index contributed by atoms with van der Waals surface area (Å²) in [6.45, 7) is 2.58. The predicted molar refractivity (Wildman–Crippen MR) is 90.4 cm³/mol. The van der Waals surface area contributed by atoms with Crippen molar-refractivity contribution in [1.29, 1.82) is 5.26 Å². The number of rotatable bonds is 3. The Morgan fingerprint density at radius 1 is 1.44 bits per heavy atom. The van der Waals surface area contributed by atoms with E-state index < -0.39 is 0 Å². The Labute approximate surface area is 147 Å². The molecule has 1 aromatic heterocycles. The van der Waals surface area contributed by atoms with Crippen molar-refractivity contribution in [3.8, 4) is 6.19 Å². The maximum atomic E-state index is 12.8. The van der Waals surface area contributed by atoms with Crippen LogP contribution in [0.3, 0.4) is 0 Å². The highest BCUT2D eigenvalue weighted by molar-refractivity contribution is 5.91. The van der Waals surface area contributed by atoms with Gasteiger partial charge in [0.1, 0.15) is 5.69 Å². The molecular weight excluding hydrogens is 318 g/mol. The number of amides is 1. The van der Waals surface area contributed by atoms with Crippen LogP contribution in [0.25, 0.3) is 0 Å². The van der Waals surface area contributed by atoms with Gasteiger partial charge in [0, 0.05) is 25.2 Å². The first-order chi connectivity index (χ1) is 12.1. The molecule has 2 saturated heterocycles. The van der Waals surface area contributed by atoms with Crippen molar-refractivity contribution in [2.45, 2.75) is 50.6 Å². The molecule has 0 radical (unpaired) electrons. The molecule has 1 unspecified atom stereocenters. The van der Waals surface area contributed by atoms with Crippen molar-refractivity contribution in [2.75, 3.05) is 26.7 Å². The highest BCUT2D eigenvalue weighted by atomic mass is 16.5. The molecule has 1 N–H and O–H groups in total. The monoisotopic (exact) mass is 343 g/mol. The summed E-state index contributed by atoms with van der Waals surface area (Å²) in [5, 5.41) is 15.7. The minimum Gasteiger partial charge on any atom is -0.351 e. The molecule has 1 aliphatic carbocycles. The molecule has 1 atom stereocenters. The summed E-state index contributed by atoms with van der Waals surface area (Å²) < 4.78 is 5.40. The van der Waals surface area contributed by atoms with Gasteiger partial charge in [-0.25, -0.2) is 0 Å². The van der Waals surface area contributed by atoms with E-state index in [-0.39, 0.29) is 23.4 Å². The molecule has 1 aromatic rings. The number of nitriles is 1. The molecule has 1 saturated carbocycles. The number of hydrogen-bond donors (Lipinski definition) is 1. The molecule has 7 nitrogen and oxygen atoms in total. The standard InChI is InChI=1S/C18H25N5O2/c1-22-6-3-2-4-15(22)14-8-16(25-21-14)17(24)23-7-5-18(11-23)9-13(10-18)20-12-19/h8,13,15,20H,2-7,9-11H2,1H3/t13-,15?,18+. The maximum absolute atomic E-state index is 12.8. The maximum Gasteiger partial charge on any atom is 0.292 e. The van der Waals surface area contributed by atoms with E-state index in [9.17, 15) is 4.79 Å². The lowest BCUT2D eigenvalue weighted by atomic mass is 9.65. The second-order valence-electron chi connectivity index (χ2n) is 7.95. The first-order valence-electron chi connectivity index (χ1n) is 9.21. The molecule has 3 aliphatic rings. The molecule has 2 aliphatic heterocycles. The van der Waals surface area contributed by atoms with Crippen molar-refractivity contribution in [3.63, 3.8) is 0 Å². The number of nitrogens with one attached hydrogen (secondary N) is 1. The summed E-state index contributed by atoms with van der Waals surface area (Å²) in [6.07, 6.45) is 8.44. The smallest absolute Gasteiger partial charge is 0.292 e. The average Bonchev–Trinajstić information content (AvgIpc) is 3.22. The van der Waals surface area contributed by atoms with Crippen molar-refractivity contribution in [1.82, 2.24) is 20.3 Å². The topological polar surface area (TPSA) is 85.4 Å². The van der Waals surface area contributed by atoms with Crippen LogP contribution in [0.4, 0.5) is 0 Å². The molecule has 25 heavy (non-hydrogen) atoms. The van der Waals surface area contributed by atoms with Gasteiger partial charge >= 0.3 is 0 Å². The van der Waals surface area contributed by atoms with Crippen LogP contribution in [-0.4, -0.2) is 53.6 Å². The average molecular weight is 343 g/mol. The molecule has 4 rings (SSSR count). The molecule has 134 valence electrons. The van der Waals surface area contributed by atoms with Crippen molar-refractivity contribution >= 4 is 5.91 Å². The molecule has 0 aromatic carbocycles. The van der Waals surface area contributed by atoms with E-state index in [1.165, 1.54) is 12.8 Å². The zero-order valence-corrected chi connectivity index (χ0v) is 14.7. The van der Waals surface area contributed by atoms with Crippen LogP contribution in [0, 0.1) is 16.9 Å². The van der Waals surface area contributed by atoms with E-state index in [4.69, 9.17) is 9.78 Å². The van der Waals surface area contributed by atoms with Gasteiger partial charge in [-0.1, -0.05) is 11.6 Å². The van der Waals surface area contributed by atoms with Crippen LogP contribution in [0.1, 0.15) is 60.8 Å². The zero-order valence-electron chi connectivity index (χ0n) is 14.7. The van der Waals surface area contributed by atoms with Crippen molar-refractivity contribution in [2.24, 2.45) is 5.41 Å². The fourth-order valence-corrected chi connectivity index (χ4v) is 4.77. The third-order valence-electron chi connectivity index (χ3n) is 6.20. The second-order valence-corrected chi connectivity index (χ2v) is 7.95. The van der Waals surface area contributed by atoms with Gasteiger partial charge in [0.05, 0.1) is 6.04 Å². The molecule has 1 amide bonds. The minimum absolute atomic E-state index is 0.0502. The third-order valence-corrected chi connectivity index (χ3v) is 6.20. The Bertz CT molecular complexity index is 688. The lowest BCUT2D eigenvalue weighted by molar-refractivity contribution is 0.0646. The molecule has 1 spiro atoms. The normalized spacial score (nSPS) is 32.4. The van der Waals surface area contributed by atoms with E-state index in [1.54, 1.807) is 0 Å². The Morgan fingerprint density at radius 2 is 2.28 bits per heavy atom. The highest BCUT2D eigenvalue weighted by Crippen LogP contribution is 2.48. The van der Waals surface area contributed by atoms with Crippen molar-refractivity contribution < 1.29 is 9.32 Å². The van der Waals surface area contributed by atoms with E-state index in [2.05, 4.69) is 22.4 Å². The number of likely N-dealkylation sites (tertiary alicyclic amines) is 2. The van der Waals surface area contributed by atoms with Gasteiger partial charge < -0.3 is 14.7 Å². The molecule has 3 fully saturated rings. The molecule has 0 bridgehead atoms. The van der Waals surface area contributed by atoms with Crippen LogP contribution in [0.2, 0.25) is 0 Å². The largest absolute Gasteiger partial charge is 0.351 e. The quantitative estimate of drug-likeness (QED) is 0.666. The van der Waals surface area contributed by atoms with Crippen LogP contribution in [-0.2, 0) is 0 Å². The minimum atomic E-state index is -0.0502. The summed E-state index contributed by atoms with van der Waals surface area (Å²) in [6, 6.07) is 2.37. The summed E-state index contributed by atoms with van der Waals surface area (Å²) in [4.78, 5) is 16.9. The zero-order chi connectivity index (χ0) is 17.4.